The minimum Gasteiger partial charge on any atom is -0.338 e. The molecule has 0 aliphatic heterocycles. The summed E-state index contributed by atoms with van der Waals surface area (Å²) >= 11 is 0. The van der Waals surface area contributed by atoms with Gasteiger partial charge in [-0.15, -0.1) is 0 Å². The lowest BCUT2D eigenvalue weighted by molar-refractivity contribution is -0.0138. The number of unbranched alkanes of at least 4 members (excludes halogenated alkanes) is 5. The first-order valence-corrected chi connectivity index (χ1v) is 15.6. The number of nitrogens with one attached hydrogen (secondary N) is 4. The van der Waals surface area contributed by atoms with Gasteiger partial charge >= 0.3 is 12.1 Å². The number of hydrogen-bond donors (Lipinski definition) is 4. The second-order valence-electron chi connectivity index (χ2n) is 14.3. The molecule has 0 aromatic carbocycles. The summed E-state index contributed by atoms with van der Waals surface area (Å²) in [5.41, 5.74) is 0.220. The molecular formula is C30H50N4O2. The average Bonchev–Trinajstić information content (AvgIpc) is 2.77. The third-order valence-electron chi connectivity index (χ3n) is 11.0. The second-order valence-corrected chi connectivity index (χ2v) is 14.3. The van der Waals surface area contributed by atoms with Crippen LogP contribution in [0, 0.1) is 35.5 Å². The van der Waals surface area contributed by atoms with Crippen LogP contribution in [0.25, 0.3) is 0 Å². The SMILES string of the molecule is O=C(NCCCCCCCCNC(=O)NC12CC3CC(CC(C3)C1)C2)NC12CC3CC(CC(C3)C1)C2. The van der Waals surface area contributed by atoms with E-state index >= 15 is 0 Å². The second kappa shape index (κ2) is 10.4. The molecule has 202 valence electrons. The van der Waals surface area contributed by atoms with Crippen molar-refractivity contribution in [1.82, 2.24) is 21.3 Å². The zero-order chi connectivity index (χ0) is 24.6. The van der Waals surface area contributed by atoms with Gasteiger partial charge < -0.3 is 21.3 Å². The zero-order valence-electron chi connectivity index (χ0n) is 22.4. The van der Waals surface area contributed by atoms with E-state index in [-0.39, 0.29) is 23.1 Å². The molecule has 8 saturated carbocycles. The van der Waals surface area contributed by atoms with E-state index in [0.29, 0.717) is 0 Å². The molecule has 0 heterocycles. The maximum Gasteiger partial charge on any atom is 0.315 e. The highest BCUT2D eigenvalue weighted by Gasteiger charge is 2.52. The van der Waals surface area contributed by atoms with Crippen LogP contribution in [0.2, 0.25) is 0 Å². The van der Waals surface area contributed by atoms with Crippen LogP contribution >= 0.6 is 0 Å². The lowest BCUT2D eigenvalue weighted by Crippen LogP contribution is -2.61. The normalized spacial score (nSPS) is 41.3. The van der Waals surface area contributed by atoms with Crippen LogP contribution < -0.4 is 21.3 Å². The Kier molecular flexibility index (Phi) is 7.15. The fourth-order valence-corrected chi connectivity index (χ4v) is 10.5. The molecule has 0 unspecified atom stereocenters. The van der Waals surface area contributed by atoms with Crippen molar-refractivity contribution in [3.63, 3.8) is 0 Å². The van der Waals surface area contributed by atoms with E-state index in [2.05, 4.69) is 21.3 Å². The number of carbonyl (C=O) groups is 2. The van der Waals surface area contributed by atoms with Gasteiger partial charge in [-0.2, -0.15) is 0 Å². The third kappa shape index (κ3) is 5.67. The van der Waals surface area contributed by atoms with Crippen molar-refractivity contribution in [2.24, 2.45) is 35.5 Å². The highest BCUT2D eigenvalue weighted by Crippen LogP contribution is 2.56. The van der Waals surface area contributed by atoms with Crippen LogP contribution in [0.4, 0.5) is 9.59 Å². The monoisotopic (exact) mass is 498 g/mol. The largest absolute Gasteiger partial charge is 0.338 e. The molecular weight excluding hydrogens is 448 g/mol. The van der Waals surface area contributed by atoms with Gasteiger partial charge in [0.15, 0.2) is 0 Å². The Morgan fingerprint density at radius 1 is 0.472 bits per heavy atom. The Hall–Kier alpha value is -1.46. The van der Waals surface area contributed by atoms with Crippen LogP contribution in [0.15, 0.2) is 0 Å². The third-order valence-corrected chi connectivity index (χ3v) is 11.0. The van der Waals surface area contributed by atoms with Crippen LogP contribution in [-0.2, 0) is 0 Å². The molecule has 0 spiro atoms. The van der Waals surface area contributed by atoms with Crippen molar-refractivity contribution in [3.8, 4) is 0 Å². The van der Waals surface area contributed by atoms with Gasteiger partial charge in [-0.25, -0.2) is 9.59 Å². The first kappa shape index (κ1) is 24.9. The van der Waals surface area contributed by atoms with Crippen molar-refractivity contribution in [2.75, 3.05) is 13.1 Å². The van der Waals surface area contributed by atoms with Crippen LogP contribution in [-0.4, -0.2) is 36.2 Å². The molecule has 8 fully saturated rings. The summed E-state index contributed by atoms with van der Waals surface area (Å²) in [6.45, 7) is 1.56. The quantitative estimate of drug-likeness (QED) is 0.269. The van der Waals surface area contributed by atoms with Gasteiger partial charge in [-0.1, -0.05) is 25.7 Å². The molecule has 0 saturated heterocycles. The van der Waals surface area contributed by atoms with Gasteiger partial charge in [0.25, 0.3) is 0 Å². The molecule has 6 nitrogen and oxygen atoms in total. The molecule has 36 heavy (non-hydrogen) atoms. The predicted molar refractivity (Wildman–Crippen MR) is 143 cm³/mol. The van der Waals surface area contributed by atoms with Crippen LogP contribution in [0.1, 0.15) is 116 Å². The zero-order valence-corrected chi connectivity index (χ0v) is 22.4. The molecule has 8 aliphatic rings. The number of rotatable bonds is 11. The Morgan fingerprint density at radius 3 is 1.06 bits per heavy atom. The van der Waals surface area contributed by atoms with E-state index in [0.717, 1.165) is 74.3 Å². The summed E-state index contributed by atoms with van der Waals surface area (Å²) in [6, 6.07) is 0.129. The number of urea groups is 2. The summed E-state index contributed by atoms with van der Waals surface area (Å²) < 4.78 is 0. The molecule has 4 N–H and O–H groups in total. The smallest absolute Gasteiger partial charge is 0.315 e. The molecule has 0 radical (unpaired) electrons. The molecule has 0 aromatic rings. The van der Waals surface area contributed by atoms with Gasteiger partial charge in [-0.05, 0) is 125 Å². The lowest BCUT2D eigenvalue weighted by Gasteiger charge is -2.56. The fourth-order valence-electron chi connectivity index (χ4n) is 10.5. The van der Waals surface area contributed by atoms with Crippen molar-refractivity contribution in [2.45, 2.75) is 127 Å². The van der Waals surface area contributed by atoms with Gasteiger partial charge in [0.05, 0.1) is 0 Å². The highest BCUT2D eigenvalue weighted by atomic mass is 16.2. The van der Waals surface area contributed by atoms with E-state index in [1.54, 1.807) is 0 Å². The standard InChI is InChI=1S/C30H50N4O2/c35-27(33-29-15-21-9-22(16-29)11-23(10-21)17-29)31-7-5-3-1-2-4-6-8-32-28(36)34-30-18-24-12-25(19-30)14-26(13-24)20-30/h21-26H,1-20H2,(H2,31,33,35)(H2,32,34,36). The molecule has 0 atom stereocenters. The highest BCUT2D eigenvalue weighted by molar-refractivity contribution is 5.75. The predicted octanol–water partition coefficient (Wildman–Crippen LogP) is 5.86. The summed E-state index contributed by atoms with van der Waals surface area (Å²) in [4.78, 5) is 25.1. The van der Waals surface area contributed by atoms with E-state index in [4.69, 9.17) is 0 Å². The molecule has 8 bridgehead atoms. The van der Waals surface area contributed by atoms with E-state index in [1.807, 2.05) is 0 Å². The van der Waals surface area contributed by atoms with Crippen molar-refractivity contribution >= 4 is 12.1 Å². The van der Waals surface area contributed by atoms with Gasteiger partial charge in [0, 0.05) is 24.2 Å². The number of carbonyl (C=O) groups excluding carboxylic acids is 2. The van der Waals surface area contributed by atoms with Crippen LogP contribution in [0.5, 0.6) is 0 Å². The first-order chi connectivity index (χ1) is 17.5. The van der Waals surface area contributed by atoms with E-state index in [1.165, 1.54) is 89.9 Å². The summed E-state index contributed by atoms with van der Waals surface area (Å²) in [5.74, 6) is 5.18. The van der Waals surface area contributed by atoms with Gasteiger partial charge in [0.2, 0.25) is 0 Å². The topological polar surface area (TPSA) is 82.3 Å². The van der Waals surface area contributed by atoms with Gasteiger partial charge in [-0.3, -0.25) is 0 Å². The maximum atomic E-state index is 12.5. The van der Waals surface area contributed by atoms with E-state index in [9.17, 15) is 9.59 Å². The van der Waals surface area contributed by atoms with Gasteiger partial charge in [0.1, 0.15) is 0 Å². The summed E-state index contributed by atoms with van der Waals surface area (Å²) in [7, 11) is 0. The number of hydrogen-bond acceptors (Lipinski definition) is 2. The Bertz CT molecular complexity index is 674. The fraction of sp³-hybridized carbons (Fsp3) is 0.933. The first-order valence-electron chi connectivity index (χ1n) is 15.6. The van der Waals surface area contributed by atoms with Crippen molar-refractivity contribution in [3.05, 3.63) is 0 Å². The minimum atomic E-state index is 0.0647. The Morgan fingerprint density at radius 2 is 0.750 bits per heavy atom. The van der Waals surface area contributed by atoms with Crippen LogP contribution in [0.3, 0.4) is 0 Å². The number of amides is 4. The average molecular weight is 499 g/mol. The Balaban J connectivity index is 0.772. The molecule has 6 heteroatoms. The molecule has 0 aromatic heterocycles. The summed E-state index contributed by atoms with van der Waals surface area (Å²) in [6.07, 6.45) is 22.6. The lowest BCUT2D eigenvalue weighted by atomic mass is 9.53. The minimum absolute atomic E-state index is 0.0647. The summed E-state index contributed by atoms with van der Waals surface area (Å²) in [5, 5.41) is 13.1. The maximum absolute atomic E-state index is 12.5. The van der Waals surface area contributed by atoms with Crippen molar-refractivity contribution < 1.29 is 9.59 Å². The van der Waals surface area contributed by atoms with E-state index < -0.39 is 0 Å². The molecule has 8 rings (SSSR count). The molecule has 8 aliphatic carbocycles. The van der Waals surface area contributed by atoms with Crippen molar-refractivity contribution in [1.29, 1.82) is 0 Å². The Labute approximate surface area is 218 Å². The molecule has 4 amide bonds.